The van der Waals surface area contributed by atoms with Crippen LogP contribution in [0.2, 0.25) is 0 Å². The molecular formula is C16H26N2O. The summed E-state index contributed by atoms with van der Waals surface area (Å²) in [4.78, 5) is 4.37. The SMILES string of the molecule is Cc1cc(OCCC2CC2)c(CNCC(C)C)cn1. The highest BCUT2D eigenvalue weighted by molar-refractivity contribution is 5.32. The molecule has 0 aliphatic heterocycles. The summed E-state index contributed by atoms with van der Waals surface area (Å²) >= 11 is 0. The smallest absolute Gasteiger partial charge is 0.127 e. The summed E-state index contributed by atoms with van der Waals surface area (Å²) in [5.74, 6) is 2.59. The van der Waals surface area contributed by atoms with Crippen LogP contribution in [0.15, 0.2) is 12.3 Å². The van der Waals surface area contributed by atoms with Crippen LogP contribution in [0.5, 0.6) is 5.75 Å². The van der Waals surface area contributed by atoms with Crippen LogP contribution in [0.4, 0.5) is 0 Å². The summed E-state index contributed by atoms with van der Waals surface area (Å²) in [6.45, 7) is 9.14. The first-order valence-corrected chi connectivity index (χ1v) is 7.44. The third-order valence-electron chi connectivity index (χ3n) is 3.43. The van der Waals surface area contributed by atoms with Gasteiger partial charge < -0.3 is 10.1 Å². The number of aromatic nitrogens is 1. The fraction of sp³-hybridized carbons (Fsp3) is 0.688. The quantitative estimate of drug-likeness (QED) is 0.780. The van der Waals surface area contributed by atoms with Gasteiger partial charge in [0.25, 0.3) is 0 Å². The average molecular weight is 262 g/mol. The van der Waals surface area contributed by atoms with Gasteiger partial charge in [0.05, 0.1) is 6.61 Å². The molecule has 1 saturated carbocycles. The van der Waals surface area contributed by atoms with E-state index in [0.717, 1.165) is 37.1 Å². The maximum absolute atomic E-state index is 5.95. The molecular weight excluding hydrogens is 236 g/mol. The second-order valence-corrected chi connectivity index (χ2v) is 6.04. The van der Waals surface area contributed by atoms with Crippen molar-refractivity contribution >= 4 is 0 Å². The summed E-state index contributed by atoms with van der Waals surface area (Å²) in [6, 6.07) is 2.05. The lowest BCUT2D eigenvalue weighted by atomic mass is 10.2. The zero-order chi connectivity index (χ0) is 13.7. The molecule has 0 aromatic carbocycles. The molecule has 1 N–H and O–H groups in total. The molecule has 106 valence electrons. The number of nitrogens with zero attached hydrogens (tertiary/aromatic N) is 1. The number of pyridine rings is 1. The molecule has 0 radical (unpaired) electrons. The van der Waals surface area contributed by atoms with Gasteiger partial charge in [-0.1, -0.05) is 26.7 Å². The predicted molar refractivity (Wildman–Crippen MR) is 78.4 cm³/mol. The zero-order valence-electron chi connectivity index (χ0n) is 12.4. The Hall–Kier alpha value is -1.09. The van der Waals surface area contributed by atoms with E-state index in [0.29, 0.717) is 5.92 Å². The van der Waals surface area contributed by atoms with E-state index in [1.54, 1.807) is 0 Å². The zero-order valence-corrected chi connectivity index (χ0v) is 12.4. The number of nitrogens with one attached hydrogen (secondary N) is 1. The maximum Gasteiger partial charge on any atom is 0.127 e. The van der Waals surface area contributed by atoms with Crippen molar-refractivity contribution in [2.75, 3.05) is 13.2 Å². The normalized spacial score (nSPS) is 14.9. The van der Waals surface area contributed by atoms with Gasteiger partial charge in [-0.25, -0.2) is 0 Å². The number of rotatable bonds is 8. The Bertz CT molecular complexity index is 400. The molecule has 0 atom stereocenters. The highest BCUT2D eigenvalue weighted by atomic mass is 16.5. The molecule has 0 unspecified atom stereocenters. The lowest BCUT2D eigenvalue weighted by Gasteiger charge is -2.13. The Morgan fingerprint density at radius 1 is 1.42 bits per heavy atom. The lowest BCUT2D eigenvalue weighted by molar-refractivity contribution is 0.298. The Labute approximate surface area is 116 Å². The summed E-state index contributed by atoms with van der Waals surface area (Å²) in [6.07, 6.45) is 5.92. The predicted octanol–water partition coefficient (Wildman–Crippen LogP) is 3.31. The Morgan fingerprint density at radius 3 is 2.89 bits per heavy atom. The minimum atomic E-state index is 0.664. The van der Waals surface area contributed by atoms with Crippen LogP contribution in [-0.4, -0.2) is 18.1 Å². The van der Waals surface area contributed by atoms with Crippen molar-refractivity contribution in [2.45, 2.75) is 46.6 Å². The summed E-state index contributed by atoms with van der Waals surface area (Å²) in [7, 11) is 0. The molecule has 2 rings (SSSR count). The largest absolute Gasteiger partial charge is 0.493 e. The van der Waals surface area contributed by atoms with Crippen molar-refractivity contribution in [2.24, 2.45) is 11.8 Å². The molecule has 1 aliphatic rings. The van der Waals surface area contributed by atoms with E-state index in [2.05, 4.69) is 30.2 Å². The Balaban J connectivity index is 1.87. The van der Waals surface area contributed by atoms with Crippen LogP contribution >= 0.6 is 0 Å². The maximum atomic E-state index is 5.95. The number of aryl methyl sites for hydroxylation is 1. The highest BCUT2D eigenvalue weighted by Gasteiger charge is 2.20. The van der Waals surface area contributed by atoms with Gasteiger partial charge in [-0.05, 0) is 31.7 Å². The standard InChI is InChI=1S/C16H26N2O/c1-12(2)9-17-10-15-11-18-13(3)8-16(15)19-7-6-14-4-5-14/h8,11-12,14,17H,4-7,9-10H2,1-3H3. The summed E-state index contributed by atoms with van der Waals surface area (Å²) in [5, 5.41) is 3.45. The van der Waals surface area contributed by atoms with Gasteiger partial charge in [-0.15, -0.1) is 0 Å². The van der Waals surface area contributed by atoms with Gasteiger partial charge in [0.2, 0.25) is 0 Å². The van der Waals surface area contributed by atoms with Gasteiger partial charge in [0.15, 0.2) is 0 Å². The Morgan fingerprint density at radius 2 is 2.21 bits per heavy atom. The monoisotopic (exact) mass is 262 g/mol. The highest BCUT2D eigenvalue weighted by Crippen LogP contribution is 2.32. The molecule has 1 aromatic rings. The number of hydrogen-bond acceptors (Lipinski definition) is 3. The van der Waals surface area contributed by atoms with Crippen LogP contribution in [0, 0.1) is 18.8 Å². The van der Waals surface area contributed by atoms with Gasteiger partial charge in [0.1, 0.15) is 5.75 Å². The van der Waals surface area contributed by atoms with Crippen LogP contribution in [0.3, 0.4) is 0 Å². The van der Waals surface area contributed by atoms with Crippen molar-refractivity contribution in [3.05, 3.63) is 23.5 Å². The third kappa shape index (κ3) is 5.19. The average Bonchev–Trinajstić information content (AvgIpc) is 3.15. The van der Waals surface area contributed by atoms with Gasteiger partial charge in [0, 0.05) is 30.1 Å². The summed E-state index contributed by atoms with van der Waals surface area (Å²) < 4.78 is 5.95. The summed E-state index contributed by atoms with van der Waals surface area (Å²) in [5.41, 5.74) is 2.19. The van der Waals surface area contributed by atoms with Crippen LogP contribution in [0.1, 0.15) is 44.4 Å². The molecule has 1 fully saturated rings. The Kier molecular flexibility index (Phi) is 5.20. The van der Waals surface area contributed by atoms with Crippen LogP contribution < -0.4 is 10.1 Å². The van der Waals surface area contributed by atoms with Crippen molar-refractivity contribution < 1.29 is 4.74 Å². The molecule has 1 heterocycles. The second-order valence-electron chi connectivity index (χ2n) is 6.04. The molecule has 0 bridgehead atoms. The fourth-order valence-electron chi connectivity index (χ4n) is 2.07. The van der Waals surface area contributed by atoms with Crippen molar-refractivity contribution in [3.63, 3.8) is 0 Å². The molecule has 3 heteroatoms. The van der Waals surface area contributed by atoms with Crippen molar-refractivity contribution in [1.29, 1.82) is 0 Å². The molecule has 19 heavy (non-hydrogen) atoms. The van der Waals surface area contributed by atoms with Crippen LogP contribution in [0.25, 0.3) is 0 Å². The first-order valence-electron chi connectivity index (χ1n) is 7.44. The van der Waals surface area contributed by atoms with E-state index in [1.165, 1.54) is 24.8 Å². The molecule has 1 aliphatic carbocycles. The van der Waals surface area contributed by atoms with Gasteiger partial charge in [-0.2, -0.15) is 0 Å². The lowest BCUT2D eigenvalue weighted by Crippen LogP contribution is -2.19. The third-order valence-corrected chi connectivity index (χ3v) is 3.43. The van der Waals surface area contributed by atoms with E-state index >= 15 is 0 Å². The molecule has 0 amide bonds. The molecule has 3 nitrogen and oxygen atoms in total. The van der Waals surface area contributed by atoms with E-state index in [9.17, 15) is 0 Å². The number of hydrogen-bond donors (Lipinski definition) is 1. The van der Waals surface area contributed by atoms with Crippen molar-refractivity contribution in [1.82, 2.24) is 10.3 Å². The van der Waals surface area contributed by atoms with E-state index in [1.807, 2.05) is 13.1 Å². The first-order chi connectivity index (χ1) is 9.15. The fourth-order valence-corrected chi connectivity index (χ4v) is 2.07. The number of ether oxygens (including phenoxy) is 1. The first kappa shape index (κ1) is 14.3. The minimum Gasteiger partial charge on any atom is -0.493 e. The van der Waals surface area contributed by atoms with E-state index in [4.69, 9.17) is 4.74 Å². The van der Waals surface area contributed by atoms with Crippen LogP contribution in [-0.2, 0) is 6.54 Å². The molecule has 1 aromatic heterocycles. The molecule has 0 spiro atoms. The second kappa shape index (κ2) is 6.90. The minimum absolute atomic E-state index is 0.664. The van der Waals surface area contributed by atoms with Crippen molar-refractivity contribution in [3.8, 4) is 5.75 Å². The molecule has 0 saturated heterocycles. The van der Waals surface area contributed by atoms with E-state index < -0.39 is 0 Å². The van der Waals surface area contributed by atoms with Gasteiger partial charge in [-0.3, -0.25) is 4.98 Å². The van der Waals surface area contributed by atoms with Gasteiger partial charge >= 0.3 is 0 Å². The van der Waals surface area contributed by atoms with E-state index in [-0.39, 0.29) is 0 Å². The topological polar surface area (TPSA) is 34.1 Å².